The van der Waals surface area contributed by atoms with Crippen molar-refractivity contribution in [1.82, 2.24) is 4.57 Å². The van der Waals surface area contributed by atoms with E-state index in [4.69, 9.17) is 4.74 Å². The average molecular weight is 461 g/mol. The van der Waals surface area contributed by atoms with Crippen molar-refractivity contribution in [3.63, 3.8) is 0 Å². The highest BCUT2D eigenvalue weighted by molar-refractivity contribution is 9.10. The summed E-state index contributed by atoms with van der Waals surface area (Å²) in [6, 6.07) is 9.20. The van der Waals surface area contributed by atoms with Crippen molar-refractivity contribution in [3.05, 3.63) is 63.0 Å². The maximum absolute atomic E-state index is 12.9. The van der Waals surface area contributed by atoms with Gasteiger partial charge in [-0.1, -0.05) is 28.8 Å². The predicted molar refractivity (Wildman–Crippen MR) is 115 cm³/mol. The molecule has 2 aromatic rings. The zero-order valence-electron chi connectivity index (χ0n) is 16.8. The first-order valence-electron chi connectivity index (χ1n) is 9.64. The van der Waals surface area contributed by atoms with Gasteiger partial charge in [-0.2, -0.15) is 0 Å². The zero-order chi connectivity index (χ0) is 21.2. The maximum Gasteiger partial charge on any atom is 0.338 e. The van der Waals surface area contributed by atoms with Crippen molar-refractivity contribution in [3.8, 4) is 0 Å². The third kappa shape index (κ3) is 6.03. The van der Waals surface area contributed by atoms with Crippen LogP contribution in [0.5, 0.6) is 0 Å². The van der Waals surface area contributed by atoms with Crippen LogP contribution < -0.4 is 10.9 Å². The van der Waals surface area contributed by atoms with E-state index in [9.17, 15) is 14.4 Å². The number of hydrogen-bond acceptors (Lipinski definition) is 4. The van der Waals surface area contributed by atoms with Crippen LogP contribution in [-0.2, 0) is 9.53 Å². The van der Waals surface area contributed by atoms with Gasteiger partial charge in [0.05, 0.1) is 5.56 Å². The summed E-state index contributed by atoms with van der Waals surface area (Å²) >= 11 is 3.28. The topological polar surface area (TPSA) is 77.4 Å². The number of hydrogen-bond donors (Lipinski definition) is 1. The highest BCUT2D eigenvalue weighted by Gasteiger charge is 2.31. The number of amides is 1. The molecule has 1 heterocycles. The summed E-state index contributed by atoms with van der Waals surface area (Å²) in [6.07, 6.45) is 4.44. The summed E-state index contributed by atoms with van der Waals surface area (Å²) in [5.41, 5.74) is 0.183. The molecule has 29 heavy (non-hydrogen) atoms. The smallest absolute Gasteiger partial charge is 0.338 e. The highest BCUT2D eigenvalue weighted by atomic mass is 79.9. The Morgan fingerprint density at radius 3 is 2.41 bits per heavy atom. The number of pyridine rings is 1. The molecule has 6 nitrogen and oxygen atoms in total. The van der Waals surface area contributed by atoms with Gasteiger partial charge in [-0.25, -0.2) is 4.79 Å². The van der Waals surface area contributed by atoms with E-state index in [0.29, 0.717) is 28.1 Å². The molecule has 1 aromatic heterocycles. The SMILES string of the molecule is CC(C)(C)OC(=O)c1ccc(NC(=O)C(CC2CC2)n2ccc(Br)cc2=O)cc1. The summed E-state index contributed by atoms with van der Waals surface area (Å²) < 4.78 is 7.51. The first-order chi connectivity index (χ1) is 13.6. The molecule has 1 aromatic carbocycles. The van der Waals surface area contributed by atoms with E-state index in [0.717, 1.165) is 12.8 Å². The molecule has 3 rings (SSSR count). The van der Waals surface area contributed by atoms with Crippen LogP contribution in [0.2, 0.25) is 0 Å². The lowest BCUT2D eigenvalue weighted by molar-refractivity contribution is -0.119. The van der Waals surface area contributed by atoms with E-state index in [-0.39, 0.29) is 11.5 Å². The first kappa shape index (κ1) is 21.3. The van der Waals surface area contributed by atoms with Gasteiger partial charge < -0.3 is 14.6 Å². The minimum absolute atomic E-state index is 0.222. The molecule has 0 spiro atoms. The molecule has 0 aliphatic heterocycles. The van der Waals surface area contributed by atoms with Gasteiger partial charge in [0.25, 0.3) is 5.56 Å². The molecule has 0 bridgehead atoms. The molecule has 1 aliphatic carbocycles. The molecular formula is C22H25BrN2O4. The van der Waals surface area contributed by atoms with E-state index in [1.54, 1.807) is 36.5 Å². The molecule has 154 valence electrons. The highest BCUT2D eigenvalue weighted by Crippen LogP contribution is 2.37. The van der Waals surface area contributed by atoms with Crippen LogP contribution in [0.25, 0.3) is 0 Å². The number of rotatable bonds is 6. The van der Waals surface area contributed by atoms with E-state index in [1.807, 2.05) is 20.8 Å². The number of carbonyl (C=O) groups is 2. The number of anilines is 1. The fourth-order valence-electron chi connectivity index (χ4n) is 2.99. The van der Waals surface area contributed by atoms with E-state index in [1.165, 1.54) is 10.6 Å². The summed E-state index contributed by atoms with van der Waals surface area (Å²) in [4.78, 5) is 37.5. The molecule has 0 radical (unpaired) electrons. The monoisotopic (exact) mass is 460 g/mol. The van der Waals surface area contributed by atoms with Crippen molar-refractivity contribution >= 4 is 33.5 Å². The fraction of sp³-hybridized carbons (Fsp3) is 0.409. The Hall–Kier alpha value is -2.41. The second-order valence-corrected chi connectivity index (χ2v) is 9.27. The minimum atomic E-state index is -0.575. The van der Waals surface area contributed by atoms with Crippen LogP contribution in [0.15, 0.2) is 51.9 Å². The van der Waals surface area contributed by atoms with Crippen LogP contribution in [-0.4, -0.2) is 22.0 Å². The van der Waals surface area contributed by atoms with Crippen LogP contribution in [0.1, 0.15) is 56.4 Å². The molecule has 1 saturated carbocycles. The van der Waals surface area contributed by atoms with E-state index >= 15 is 0 Å². The van der Waals surface area contributed by atoms with Crippen LogP contribution >= 0.6 is 15.9 Å². The zero-order valence-corrected chi connectivity index (χ0v) is 18.4. The summed E-state index contributed by atoms with van der Waals surface area (Å²) in [5.74, 6) is -0.189. The van der Waals surface area contributed by atoms with Gasteiger partial charge >= 0.3 is 5.97 Å². The van der Waals surface area contributed by atoms with Gasteiger partial charge in [0.15, 0.2) is 0 Å². The Morgan fingerprint density at radius 1 is 1.21 bits per heavy atom. The van der Waals surface area contributed by atoms with E-state index in [2.05, 4.69) is 21.2 Å². The maximum atomic E-state index is 12.9. The largest absolute Gasteiger partial charge is 0.456 e. The van der Waals surface area contributed by atoms with E-state index < -0.39 is 17.6 Å². The predicted octanol–water partition coefficient (Wildman–Crippen LogP) is 4.55. The lowest BCUT2D eigenvalue weighted by atomic mass is 10.1. The Kier molecular flexibility index (Phi) is 6.27. The lowest BCUT2D eigenvalue weighted by Crippen LogP contribution is -2.33. The number of aromatic nitrogens is 1. The van der Waals surface area contributed by atoms with Crippen molar-refractivity contribution in [2.24, 2.45) is 5.92 Å². The second kappa shape index (κ2) is 8.53. The number of esters is 1. The van der Waals surface area contributed by atoms with Crippen molar-refractivity contribution in [2.45, 2.75) is 51.7 Å². The van der Waals surface area contributed by atoms with Gasteiger partial charge in [-0.05, 0) is 63.4 Å². The standard InChI is InChI=1S/C22H25BrN2O4/c1-22(2,3)29-21(28)15-6-8-17(9-7-15)24-20(27)18(12-14-4-5-14)25-11-10-16(23)13-19(25)26/h6-11,13-14,18H,4-5,12H2,1-3H3,(H,24,27). The van der Waals surface area contributed by atoms with Gasteiger partial charge in [-0.3, -0.25) is 9.59 Å². The molecule has 1 amide bonds. The Morgan fingerprint density at radius 2 is 1.86 bits per heavy atom. The molecule has 1 fully saturated rings. The Labute approximate surface area is 178 Å². The molecule has 1 atom stereocenters. The molecule has 1 aliphatic rings. The van der Waals surface area contributed by atoms with Crippen LogP contribution in [0, 0.1) is 5.92 Å². The van der Waals surface area contributed by atoms with Gasteiger partial charge in [0, 0.05) is 22.4 Å². The van der Waals surface area contributed by atoms with Crippen LogP contribution in [0.4, 0.5) is 5.69 Å². The third-order valence-electron chi connectivity index (χ3n) is 4.59. The van der Waals surface area contributed by atoms with Crippen molar-refractivity contribution < 1.29 is 14.3 Å². The summed E-state index contributed by atoms with van der Waals surface area (Å²) in [7, 11) is 0. The molecule has 1 N–H and O–H groups in total. The molecular weight excluding hydrogens is 436 g/mol. The number of nitrogens with one attached hydrogen (secondary N) is 1. The molecule has 0 saturated heterocycles. The fourth-order valence-corrected chi connectivity index (χ4v) is 3.31. The van der Waals surface area contributed by atoms with Crippen LogP contribution in [0.3, 0.4) is 0 Å². The Balaban J connectivity index is 1.74. The second-order valence-electron chi connectivity index (χ2n) is 8.35. The Bertz CT molecular complexity index is 956. The van der Waals surface area contributed by atoms with Crippen molar-refractivity contribution in [1.29, 1.82) is 0 Å². The number of benzene rings is 1. The number of nitrogens with zero attached hydrogens (tertiary/aromatic N) is 1. The number of ether oxygens (including phenoxy) is 1. The van der Waals surface area contributed by atoms with Gasteiger partial charge in [0.2, 0.25) is 5.91 Å². The van der Waals surface area contributed by atoms with Gasteiger partial charge in [-0.15, -0.1) is 0 Å². The van der Waals surface area contributed by atoms with Crippen molar-refractivity contribution in [2.75, 3.05) is 5.32 Å². The number of halogens is 1. The van der Waals surface area contributed by atoms with Gasteiger partial charge in [0.1, 0.15) is 11.6 Å². The normalized spacial score (nSPS) is 14.9. The minimum Gasteiger partial charge on any atom is -0.456 e. The molecule has 7 heteroatoms. The molecule has 1 unspecified atom stereocenters. The third-order valence-corrected chi connectivity index (χ3v) is 5.08. The quantitative estimate of drug-likeness (QED) is 0.641. The average Bonchev–Trinajstić information content (AvgIpc) is 3.43. The lowest BCUT2D eigenvalue weighted by Gasteiger charge is -2.20. The first-order valence-corrected chi connectivity index (χ1v) is 10.4. The summed E-state index contributed by atoms with van der Waals surface area (Å²) in [6.45, 7) is 5.43. The summed E-state index contributed by atoms with van der Waals surface area (Å²) in [5, 5.41) is 2.87. The number of carbonyl (C=O) groups excluding carboxylic acids is 2.